The third-order valence-corrected chi connectivity index (χ3v) is 4.59. The molecule has 144 valence electrons. The average Bonchev–Trinajstić information content (AvgIpc) is 2.61. The number of aromatic nitrogens is 1. The van der Waals surface area contributed by atoms with Crippen LogP contribution in [0, 0.1) is 10.1 Å². The van der Waals surface area contributed by atoms with Crippen molar-refractivity contribution >= 4 is 28.1 Å². The first kappa shape index (κ1) is 20.3. The number of nitrogens with zero attached hydrogens (tertiary/aromatic N) is 1. The van der Waals surface area contributed by atoms with Gasteiger partial charge in [-0.1, -0.05) is 6.92 Å². The van der Waals surface area contributed by atoms with Gasteiger partial charge in [0.25, 0.3) is 5.69 Å². The van der Waals surface area contributed by atoms with E-state index in [1.165, 1.54) is 36.5 Å². The lowest BCUT2D eigenvalue weighted by Crippen LogP contribution is -2.21. The summed E-state index contributed by atoms with van der Waals surface area (Å²) in [7, 11) is -1.54. The van der Waals surface area contributed by atoms with Crippen LogP contribution in [0.15, 0.2) is 41.3 Å². The highest BCUT2D eigenvalue weighted by atomic mass is 32.2. The molecule has 0 aliphatic heterocycles. The number of nitro groups is 1. The van der Waals surface area contributed by atoms with Gasteiger partial charge in [0, 0.05) is 46.6 Å². The van der Waals surface area contributed by atoms with Crippen LogP contribution in [0.25, 0.3) is 0 Å². The second-order valence-electron chi connectivity index (χ2n) is 5.62. The van der Waals surface area contributed by atoms with Gasteiger partial charge in [-0.15, -0.1) is 0 Å². The van der Waals surface area contributed by atoms with Crippen LogP contribution >= 0.6 is 0 Å². The van der Waals surface area contributed by atoms with E-state index in [0.29, 0.717) is 18.0 Å². The average molecular weight is 393 g/mol. The number of pyridine rings is 1. The van der Waals surface area contributed by atoms with Gasteiger partial charge in [0.1, 0.15) is 5.75 Å². The van der Waals surface area contributed by atoms with Crippen molar-refractivity contribution in [3.8, 4) is 5.75 Å². The van der Waals surface area contributed by atoms with Crippen LogP contribution in [-0.2, 0) is 21.3 Å². The van der Waals surface area contributed by atoms with E-state index in [4.69, 9.17) is 4.74 Å². The number of nitrogens with one attached hydrogen (secondary N) is 2. The third-order valence-electron chi connectivity index (χ3n) is 3.37. The highest BCUT2D eigenvalue weighted by molar-refractivity contribution is 7.84. The summed E-state index contributed by atoms with van der Waals surface area (Å²) in [6.45, 7) is 2.35. The van der Waals surface area contributed by atoms with E-state index < -0.39 is 21.6 Å². The van der Waals surface area contributed by atoms with E-state index in [1.54, 1.807) is 0 Å². The summed E-state index contributed by atoms with van der Waals surface area (Å²) < 4.78 is 17.4. The van der Waals surface area contributed by atoms with Crippen molar-refractivity contribution < 1.29 is 18.7 Å². The van der Waals surface area contributed by atoms with Gasteiger partial charge >= 0.3 is 0 Å². The van der Waals surface area contributed by atoms with Gasteiger partial charge < -0.3 is 15.0 Å². The molecule has 0 spiro atoms. The smallest absolute Gasteiger partial charge is 0.269 e. The van der Waals surface area contributed by atoms with E-state index in [2.05, 4.69) is 10.3 Å². The van der Waals surface area contributed by atoms with Gasteiger partial charge in [-0.2, -0.15) is 0 Å². The summed E-state index contributed by atoms with van der Waals surface area (Å²) >= 11 is 0. The van der Waals surface area contributed by atoms with Crippen molar-refractivity contribution in [3.05, 3.63) is 62.6 Å². The number of anilines is 1. The van der Waals surface area contributed by atoms with Gasteiger partial charge in [0.05, 0.1) is 17.3 Å². The molecule has 0 aliphatic carbocycles. The summed E-state index contributed by atoms with van der Waals surface area (Å²) in [6, 6.07) is 6.62. The van der Waals surface area contributed by atoms with E-state index in [-0.39, 0.29) is 28.4 Å². The predicted octanol–water partition coefficient (Wildman–Crippen LogP) is 1.96. The Morgan fingerprint density at radius 3 is 2.63 bits per heavy atom. The molecule has 1 atom stereocenters. The minimum atomic E-state index is -1.54. The number of aromatic amines is 1. The molecule has 2 aromatic rings. The predicted molar refractivity (Wildman–Crippen MR) is 101 cm³/mol. The van der Waals surface area contributed by atoms with Crippen LogP contribution in [0.2, 0.25) is 0 Å². The van der Waals surface area contributed by atoms with E-state index in [1.807, 2.05) is 6.92 Å². The van der Waals surface area contributed by atoms with Gasteiger partial charge in [-0.05, 0) is 18.6 Å². The van der Waals surface area contributed by atoms with Crippen LogP contribution < -0.4 is 15.5 Å². The molecule has 0 saturated carbocycles. The standard InChI is InChI=1S/C17H19N3O6S/c1-2-7-26-16-9-18-13(8-15(16)21)10-27(25)11-17(22)19-12-3-5-14(6-4-12)20(23)24/h3-6,8-9H,2,7,10-11H2,1H3,(H,18,21)(H,19,22). The molecule has 0 radical (unpaired) electrons. The number of carbonyl (C=O) groups excluding carboxylic acids is 1. The van der Waals surface area contributed by atoms with Crippen LogP contribution in [0.5, 0.6) is 5.75 Å². The lowest BCUT2D eigenvalue weighted by molar-refractivity contribution is -0.384. The van der Waals surface area contributed by atoms with Gasteiger partial charge in [-0.3, -0.25) is 23.9 Å². The van der Waals surface area contributed by atoms with E-state index >= 15 is 0 Å². The quantitative estimate of drug-likeness (QED) is 0.494. The molecule has 1 heterocycles. The second-order valence-corrected chi connectivity index (χ2v) is 7.07. The zero-order valence-electron chi connectivity index (χ0n) is 14.6. The van der Waals surface area contributed by atoms with Crippen LogP contribution in [0.4, 0.5) is 11.4 Å². The topological polar surface area (TPSA) is 131 Å². The fourth-order valence-electron chi connectivity index (χ4n) is 2.14. The fraction of sp³-hybridized carbons (Fsp3) is 0.294. The summed E-state index contributed by atoms with van der Waals surface area (Å²) in [4.78, 5) is 36.7. The van der Waals surface area contributed by atoms with Crippen molar-refractivity contribution in [2.24, 2.45) is 0 Å². The number of hydrogen-bond donors (Lipinski definition) is 2. The maximum absolute atomic E-state index is 12.1. The van der Waals surface area contributed by atoms with E-state index in [0.717, 1.165) is 6.42 Å². The van der Waals surface area contributed by atoms with E-state index in [9.17, 15) is 23.9 Å². The first-order chi connectivity index (χ1) is 12.9. The lowest BCUT2D eigenvalue weighted by atomic mass is 10.3. The summed E-state index contributed by atoms with van der Waals surface area (Å²) in [5.74, 6) is -0.556. The molecule has 1 amide bonds. The Kier molecular flexibility index (Phi) is 7.24. The number of benzene rings is 1. The zero-order chi connectivity index (χ0) is 19.8. The molecule has 0 saturated heterocycles. The molecule has 2 N–H and O–H groups in total. The normalized spacial score (nSPS) is 11.6. The molecule has 0 fully saturated rings. The summed E-state index contributed by atoms with van der Waals surface area (Å²) in [6.07, 6.45) is 2.19. The Bertz CT molecular complexity index is 894. The van der Waals surface area contributed by atoms with Crippen molar-refractivity contribution in [1.82, 2.24) is 4.98 Å². The molecule has 2 rings (SSSR count). The third kappa shape index (κ3) is 6.33. The molecule has 10 heteroatoms. The number of H-pyrrole nitrogens is 1. The van der Waals surface area contributed by atoms with Crippen molar-refractivity contribution in [2.75, 3.05) is 17.7 Å². The molecule has 27 heavy (non-hydrogen) atoms. The molecule has 0 bridgehead atoms. The largest absolute Gasteiger partial charge is 0.488 e. The Morgan fingerprint density at radius 1 is 1.33 bits per heavy atom. The maximum Gasteiger partial charge on any atom is 0.269 e. The zero-order valence-corrected chi connectivity index (χ0v) is 15.4. The number of ether oxygens (including phenoxy) is 1. The number of nitro benzene ring substituents is 1. The van der Waals surface area contributed by atoms with Crippen molar-refractivity contribution in [1.29, 1.82) is 0 Å². The minimum absolute atomic E-state index is 0.0109. The Labute approximate surface area is 157 Å². The number of amides is 1. The van der Waals surface area contributed by atoms with Crippen LogP contribution in [0.3, 0.4) is 0 Å². The highest BCUT2D eigenvalue weighted by Gasteiger charge is 2.12. The molecule has 1 aromatic heterocycles. The Hall–Kier alpha value is -3.01. The molecular formula is C17H19N3O6S. The van der Waals surface area contributed by atoms with Gasteiger partial charge in [0.15, 0.2) is 5.75 Å². The molecule has 0 aliphatic rings. The molecular weight excluding hydrogens is 374 g/mol. The fourth-order valence-corrected chi connectivity index (χ4v) is 3.12. The molecule has 9 nitrogen and oxygen atoms in total. The first-order valence-electron chi connectivity index (χ1n) is 8.12. The van der Waals surface area contributed by atoms with Gasteiger partial charge in [-0.25, -0.2) is 0 Å². The summed E-state index contributed by atoms with van der Waals surface area (Å²) in [5.41, 5.74) is 0.398. The number of non-ortho nitro benzene ring substituents is 1. The highest BCUT2D eigenvalue weighted by Crippen LogP contribution is 2.15. The van der Waals surface area contributed by atoms with Crippen molar-refractivity contribution in [3.63, 3.8) is 0 Å². The number of hydrogen-bond acceptors (Lipinski definition) is 6. The number of rotatable bonds is 9. The summed E-state index contributed by atoms with van der Waals surface area (Å²) in [5, 5.41) is 13.1. The number of carbonyl (C=O) groups is 1. The van der Waals surface area contributed by atoms with Crippen LogP contribution in [0.1, 0.15) is 19.0 Å². The molecule has 1 aromatic carbocycles. The monoisotopic (exact) mass is 393 g/mol. The van der Waals surface area contributed by atoms with Crippen molar-refractivity contribution in [2.45, 2.75) is 19.1 Å². The van der Waals surface area contributed by atoms with Crippen LogP contribution in [-0.4, -0.2) is 32.4 Å². The molecule has 1 unspecified atom stereocenters. The second kappa shape index (κ2) is 9.62. The Balaban J connectivity index is 1.89. The lowest BCUT2D eigenvalue weighted by Gasteiger charge is -2.07. The maximum atomic E-state index is 12.1. The first-order valence-corrected chi connectivity index (χ1v) is 9.61. The minimum Gasteiger partial charge on any atom is -0.488 e. The SMILES string of the molecule is CCCOc1c[nH]c(CS(=O)CC(=O)Nc2ccc([N+](=O)[O-])cc2)cc1=O. The van der Waals surface area contributed by atoms with Gasteiger partial charge in [0.2, 0.25) is 11.3 Å². The Morgan fingerprint density at radius 2 is 2.04 bits per heavy atom.